The Morgan fingerprint density at radius 2 is 2.22 bits per heavy atom. The van der Waals surface area contributed by atoms with Crippen molar-refractivity contribution in [3.05, 3.63) is 29.3 Å². The van der Waals surface area contributed by atoms with Gasteiger partial charge in [0.15, 0.2) is 0 Å². The molecule has 0 aliphatic carbocycles. The number of rotatable bonds is 5. The molecule has 2 heterocycles. The highest BCUT2D eigenvalue weighted by atomic mass is 16.5. The van der Waals surface area contributed by atoms with Gasteiger partial charge in [0.25, 0.3) is 0 Å². The summed E-state index contributed by atoms with van der Waals surface area (Å²) in [7, 11) is 0. The lowest BCUT2D eigenvalue weighted by Gasteiger charge is -2.21. The molecule has 5 nitrogen and oxygen atoms in total. The molecule has 0 saturated carbocycles. The summed E-state index contributed by atoms with van der Waals surface area (Å²) in [6.07, 6.45) is 3.77. The Hall–Kier alpha value is -1.75. The summed E-state index contributed by atoms with van der Waals surface area (Å²) in [5.74, 6) is 0.837. The molecule has 0 spiro atoms. The fraction of sp³-hybridized carbons (Fsp3) is 0.611. The molecule has 23 heavy (non-hydrogen) atoms. The molecule has 0 unspecified atom stereocenters. The molecule has 0 radical (unpaired) electrons. The standard InChI is InChI=1S/C18H26N2O3/c1-11(2)22-17-8-12(3)4-5-13(17)10-19-18(21)20-15-9-14-6-7-16(15)23-14/h4-5,8,11,14-16H,6-7,9-10H2,1-3H3,(H2,19,20,21)/t14-,15+,16-/m1/s1. The summed E-state index contributed by atoms with van der Waals surface area (Å²) < 4.78 is 11.6. The van der Waals surface area contributed by atoms with Crippen molar-refractivity contribution in [2.24, 2.45) is 0 Å². The Morgan fingerprint density at radius 3 is 2.87 bits per heavy atom. The molecule has 0 aromatic heterocycles. The van der Waals surface area contributed by atoms with Crippen LogP contribution < -0.4 is 15.4 Å². The first-order chi connectivity index (χ1) is 11.0. The fourth-order valence-electron chi connectivity index (χ4n) is 3.36. The van der Waals surface area contributed by atoms with E-state index in [1.807, 2.05) is 39.0 Å². The smallest absolute Gasteiger partial charge is 0.315 e. The predicted octanol–water partition coefficient (Wildman–Crippen LogP) is 2.90. The molecule has 3 atom stereocenters. The average Bonchev–Trinajstić information content (AvgIpc) is 3.08. The number of carbonyl (C=O) groups is 1. The van der Waals surface area contributed by atoms with E-state index in [1.165, 1.54) is 0 Å². The zero-order valence-corrected chi connectivity index (χ0v) is 14.1. The Morgan fingerprint density at radius 1 is 1.39 bits per heavy atom. The summed E-state index contributed by atoms with van der Waals surface area (Å²) in [6.45, 7) is 6.49. The Labute approximate surface area is 137 Å². The normalized spacial score (nSPS) is 25.7. The molecular weight excluding hydrogens is 292 g/mol. The van der Waals surface area contributed by atoms with Gasteiger partial charge in [-0.1, -0.05) is 12.1 Å². The number of hydrogen-bond acceptors (Lipinski definition) is 3. The van der Waals surface area contributed by atoms with E-state index in [0.717, 1.165) is 36.1 Å². The van der Waals surface area contributed by atoms with Crippen molar-refractivity contribution in [1.29, 1.82) is 0 Å². The van der Waals surface area contributed by atoms with Gasteiger partial charge < -0.3 is 20.1 Å². The van der Waals surface area contributed by atoms with Crippen molar-refractivity contribution in [2.45, 2.75) is 70.9 Å². The quantitative estimate of drug-likeness (QED) is 0.877. The lowest BCUT2D eigenvalue weighted by molar-refractivity contribution is 0.0981. The molecule has 5 heteroatoms. The molecule has 2 amide bonds. The third-order valence-electron chi connectivity index (χ3n) is 4.45. The highest BCUT2D eigenvalue weighted by Gasteiger charge is 2.41. The maximum absolute atomic E-state index is 12.1. The van der Waals surface area contributed by atoms with E-state index in [1.54, 1.807) is 0 Å². The van der Waals surface area contributed by atoms with Crippen LogP contribution in [0.15, 0.2) is 18.2 Å². The average molecular weight is 318 g/mol. The summed E-state index contributed by atoms with van der Waals surface area (Å²) in [6, 6.07) is 6.07. The van der Waals surface area contributed by atoms with Crippen LogP contribution in [-0.2, 0) is 11.3 Å². The van der Waals surface area contributed by atoms with Crippen molar-refractivity contribution >= 4 is 6.03 Å². The molecule has 1 aromatic rings. The predicted molar refractivity (Wildman–Crippen MR) is 88.6 cm³/mol. The van der Waals surface area contributed by atoms with E-state index in [0.29, 0.717) is 12.6 Å². The van der Waals surface area contributed by atoms with Crippen LogP contribution >= 0.6 is 0 Å². The second kappa shape index (κ2) is 6.79. The van der Waals surface area contributed by atoms with E-state index < -0.39 is 0 Å². The van der Waals surface area contributed by atoms with Gasteiger partial charge in [-0.3, -0.25) is 0 Å². The minimum absolute atomic E-state index is 0.107. The Balaban J connectivity index is 1.54. The number of amides is 2. The number of hydrogen-bond donors (Lipinski definition) is 2. The first-order valence-corrected chi connectivity index (χ1v) is 8.47. The zero-order chi connectivity index (χ0) is 16.4. The van der Waals surface area contributed by atoms with E-state index in [9.17, 15) is 4.79 Å². The van der Waals surface area contributed by atoms with Crippen molar-refractivity contribution in [1.82, 2.24) is 10.6 Å². The summed E-state index contributed by atoms with van der Waals surface area (Å²) in [5.41, 5.74) is 2.14. The van der Waals surface area contributed by atoms with Crippen LogP contribution in [0.4, 0.5) is 4.79 Å². The Kier molecular flexibility index (Phi) is 4.76. The molecule has 2 bridgehead atoms. The van der Waals surface area contributed by atoms with Gasteiger partial charge in [0, 0.05) is 12.1 Å². The molecule has 2 aliphatic heterocycles. The maximum Gasteiger partial charge on any atom is 0.315 e. The summed E-state index contributed by atoms with van der Waals surface area (Å²) >= 11 is 0. The van der Waals surface area contributed by atoms with Gasteiger partial charge in [0.05, 0.1) is 24.4 Å². The SMILES string of the molecule is Cc1ccc(CNC(=O)N[C@H]2C[C@H]3CC[C@H]2O3)c(OC(C)C)c1. The van der Waals surface area contributed by atoms with Crippen LogP contribution in [-0.4, -0.2) is 30.4 Å². The highest BCUT2D eigenvalue weighted by Crippen LogP contribution is 2.34. The van der Waals surface area contributed by atoms with Crippen LogP contribution in [0.5, 0.6) is 5.75 Å². The summed E-state index contributed by atoms with van der Waals surface area (Å²) in [5, 5.41) is 5.97. The molecule has 1 aromatic carbocycles. The number of urea groups is 1. The molecule has 2 saturated heterocycles. The molecule has 126 valence electrons. The molecule has 2 fully saturated rings. The number of ether oxygens (including phenoxy) is 2. The topological polar surface area (TPSA) is 59.6 Å². The molecule has 2 N–H and O–H groups in total. The van der Waals surface area contributed by atoms with Crippen LogP contribution in [0.2, 0.25) is 0 Å². The van der Waals surface area contributed by atoms with Crippen LogP contribution in [0.3, 0.4) is 0 Å². The minimum Gasteiger partial charge on any atom is -0.491 e. The van der Waals surface area contributed by atoms with Crippen molar-refractivity contribution < 1.29 is 14.3 Å². The van der Waals surface area contributed by atoms with E-state index >= 15 is 0 Å². The lowest BCUT2D eigenvalue weighted by Crippen LogP contribution is -2.46. The van der Waals surface area contributed by atoms with Gasteiger partial charge in [0.2, 0.25) is 0 Å². The second-order valence-corrected chi connectivity index (χ2v) is 6.82. The molecule has 3 rings (SSSR count). The monoisotopic (exact) mass is 318 g/mol. The third kappa shape index (κ3) is 3.96. The number of aryl methyl sites for hydroxylation is 1. The minimum atomic E-state index is -0.137. The van der Waals surface area contributed by atoms with Crippen LogP contribution in [0.1, 0.15) is 44.2 Å². The van der Waals surface area contributed by atoms with E-state index in [-0.39, 0.29) is 24.3 Å². The largest absolute Gasteiger partial charge is 0.491 e. The number of nitrogens with one attached hydrogen (secondary N) is 2. The summed E-state index contributed by atoms with van der Waals surface area (Å²) in [4.78, 5) is 12.1. The van der Waals surface area contributed by atoms with Crippen LogP contribution in [0, 0.1) is 6.92 Å². The zero-order valence-electron chi connectivity index (χ0n) is 14.1. The van der Waals surface area contributed by atoms with Crippen molar-refractivity contribution in [3.63, 3.8) is 0 Å². The lowest BCUT2D eigenvalue weighted by atomic mass is 9.96. The molecule has 2 aliphatic rings. The van der Waals surface area contributed by atoms with Crippen molar-refractivity contribution in [3.8, 4) is 5.75 Å². The second-order valence-electron chi connectivity index (χ2n) is 6.82. The number of fused-ring (bicyclic) bond motifs is 2. The van der Waals surface area contributed by atoms with Gasteiger partial charge in [-0.05, 0) is 51.7 Å². The molecular formula is C18H26N2O3. The van der Waals surface area contributed by atoms with Crippen molar-refractivity contribution in [2.75, 3.05) is 0 Å². The van der Waals surface area contributed by atoms with Gasteiger partial charge >= 0.3 is 6.03 Å². The number of carbonyl (C=O) groups excluding carboxylic acids is 1. The maximum atomic E-state index is 12.1. The van der Waals surface area contributed by atoms with Gasteiger partial charge in [-0.2, -0.15) is 0 Å². The fourth-order valence-corrected chi connectivity index (χ4v) is 3.36. The number of benzene rings is 1. The first kappa shape index (κ1) is 16.1. The first-order valence-electron chi connectivity index (χ1n) is 8.47. The van der Waals surface area contributed by atoms with Crippen LogP contribution in [0.25, 0.3) is 0 Å². The van der Waals surface area contributed by atoms with Gasteiger partial charge in [-0.15, -0.1) is 0 Å². The highest BCUT2D eigenvalue weighted by molar-refractivity contribution is 5.74. The van der Waals surface area contributed by atoms with Gasteiger partial charge in [0.1, 0.15) is 5.75 Å². The van der Waals surface area contributed by atoms with E-state index in [2.05, 4.69) is 10.6 Å². The van der Waals surface area contributed by atoms with Gasteiger partial charge in [-0.25, -0.2) is 4.79 Å². The van der Waals surface area contributed by atoms with E-state index in [4.69, 9.17) is 9.47 Å². The Bertz CT molecular complexity index is 573. The third-order valence-corrected chi connectivity index (χ3v) is 4.45.